The fraction of sp³-hybridized carbons (Fsp3) is 0.585. The number of carbonyl (C=O) groups is 6. The number of likely N-dealkylation sites (tertiary alicyclic amines) is 1. The summed E-state index contributed by atoms with van der Waals surface area (Å²) in [5.41, 5.74) is 18.5. The second-order valence-corrected chi connectivity index (χ2v) is 16.2. The molecule has 2 fully saturated rings. The van der Waals surface area contributed by atoms with Crippen molar-refractivity contribution in [1.29, 1.82) is 0 Å². The van der Waals surface area contributed by atoms with E-state index in [4.69, 9.17) is 17.2 Å². The molecule has 1 aromatic rings. The molecule has 5 atom stereocenters. The summed E-state index contributed by atoms with van der Waals surface area (Å²) < 4.78 is 0. The van der Waals surface area contributed by atoms with Crippen molar-refractivity contribution >= 4 is 59.2 Å². The fourth-order valence-corrected chi connectivity index (χ4v) is 8.24. The van der Waals surface area contributed by atoms with Crippen LogP contribution in [0.4, 0.5) is 0 Å². The maximum atomic E-state index is 14.4. The van der Waals surface area contributed by atoms with Gasteiger partial charge >= 0.3 is 0 Å². The van der Waals surface area contributed by atoms with E-state index in [1.165, 1.54) is 11.8 Å². The number of nitrogens with two attached hydrogens (primary N) is 3. The molecule has 16 heteroatoms. The molecule has 1 aliphatic heterocycles. The standard InChI is InChI=1S/C41H63N9O6S/c1-5-7-20-33(51)50-22-13-19-32(50)39(55)49-35(29-16-9-8-10-17-29)40(56)47-31(25-57-24-28-15-11-14-27(6-2)23-28)38(54)46-30(18-12-21-45-41(43)44)37(53)48-34(26(3)4)36(42)52/h5-6,11,14-15,23,26,29-32,34-35H,1-2,7-10,12-13,16-22,24-25H2,3-4H3,(H2,42,52)(H,46,54)(H,47,56)(H,48,53)(H,49,55)(H4,43,44,45). The number of primary amides is 1. The molecule has 15 nitrogen and oxygen atoms in total. The summed E-state index contributed by atoms with van der Waals surface area (Å²) in [5.74, 6) is -2.98. The van der Waals surface area contributed by atoms with Crippen LogP contribution in [-0.4, -0.2) is 95.4 Å². The molecule has 57 heavy (non-hydrogen) atoms. The minimum absolute atomic E-state index is 0.115. The van der Waals surface area contributed by atoms with Gasteiger partial charge in [-0.1, -0.05) is 76.1 Å². The molecule has 1 heterocycles. The molecule has 1 aliphatic carbocycles. The van der Waals surface area contributed by atoms with Crippen molar-refractivity contribution in [2.45, 2.75) is 120 Å². The average molecular weight is 810 g/mol. The lowest BCUT2D eigenvalue weighted by molar-refractivity contribution is -0.140. The van der Waals surface area contributed by atoms with Crippen LogP contribution in [0.5, 0.6) is 0 Å². The molecule has 3 rings (SSSR count). The van der Waals surface area contributed by atoms with Gasteiger partial charge in [-0.3, -0.25) is 33.8 Å². The Kier molecular flexibility index (Phi) is 19.6. The zero-order valence-electron chi connectivity index (χ0n) is 33.5. The number of guanidine groups is 1. The van der Waals surface area contributed by atoms with E-state index in [-0.39, 0.29) is 48.8 Å². The summed E-state index contributed by atoms with van der Waals surface area (Å²) in [5, 5.41) is 11.4. The highest BCUT2D eigenvalue weighted by Crippen LogP contribution is 2.28. The van der Waals surface area contributed by atoms with E-state index in [1.54, 1.807) is 30.9 Å². The number of allylic oxidation sites excluding steroid dienone is 1. The molecule has 1 saturated carbocycles. The quantitative estimate of drug-likeness (QED) is 0.0371. The Balaban J connectivity index is 1.89. The van der Waals surface area contributed by atoms with Crippen LogP contribution in [0.3, 0.4) is 0 Å². The number of hydrogen-bond donors (Lipinski definition) is 7. The minimum Gasteiger partial charge on any atom is -0.370 e. The van der Waals surface area contributed by atoms with Crippen molar-refractivity contribution in [3.8, 4) is 0 Å². The van der Waals surface area contributed by atoms with E-state index in [1.807, 2.05) is 24.3 Å². The van der Waals surface area contributed by atoms with Crippen molar-refractivity contribution in [1.82, 2.24) is 26.2 Å². The highest BCUT2D eigenvalue weighted by molar-refractivity contribution is 7.98. The van der Waals surface area contributed by atoms with E-state index < -0.39 is 59.7 Å². The van der Waals surface area contributed by atoms with Gasteiger partial charge in [0.2, 0.25) is 35.4 Å². The summed E-state index contributed by atoms with van der Waals surface area (Å²) in [7, 11) is 0. The largest absolute Gasteiger partial charge is 0.370 e. The Labute approximate surface area is 341 Å². The third-order valence-corrected chi connectivity index (χ3v) is 11.5. The van der Waals surface area contributed by atoms with Gasteiger partial charge in [-0.05, 0) is 67.9 Å². The number of hydrogen-bond acceptors (Lipinski definition) is 8. The number of thioether (sulfide) groups is 1. The molecule has 0 aromatic heterocycles. The van der Waals surface area contributed by atoms with Crippen LogP contribution in [0.2, 0.25) is 0 Å². The lowest BCUT2D eigenvalue weighted by atomic mass is 9.83. The SMILES string of the molecule is C=CCCC(=O)N1CCCC1C(=O)NC(C(=O)NC(CSCc1cccc(C=C)c1)C(=O)NC(CCCN=C(N)N)C(=O)NC(C(N)=O)C(C)C)C1CCCCC1. The molecule has 1 saturated heterocycles. The van der Waals surface area contributed by atoms with Crippen LogP contribution in [0.15, 0.2) is 48.5 Å². The Hall–Kier alpha value is -4.86. The number of nitrogens with zero attached hydrogens (tertiary/aromatic N) is 2. The van der Waals surface area contributed by atoms with Gasteiger partial charge in [-0.2, -0.15) is 11.8 Å². The van der Waals surface area contributed by atoms with Gasteiger partial charge in [-0.15, -0.1) is 6.58 Å². The Morgan fingerprint density at radius 3 is 2.26 bits per heavy atom. The molecule has 1 aromatic carbocycles. The zero-order chi connectivity index (χ0) is 41.9. The summed E-state index contributed by atoms with van der Waals surface area (Å²) in [6, 6.07) is 2.90. The number of rotatable bonds is 23. The normalized spacial score (nSPS) is 17.7. The first-order chi connectivity index (χ1) is 27.2. The average Bonchev–Trinajstić information content (AvgIpc) is 3.69. The summed E-state index contributed by atoms with van der Waals surface area (Å²) >= 11 is 1.42. The van der Waals surface area contributed by atoms with Gasteiger partial charge in [0.25, 0.3) is 0 Å². The zero-order valence-corrected chi connectivity index (χ0v) is 34.3. The molecule has 6 amide bonds. The number of carbonyl (C=O) groups excluding carboxylic acids is 6. The van der Waals surface area contributed by atoms with Crippen LogP contribution in [0, 0.1) is 11.8 Å². The lowest BCUT2D eigenvalue weighted by Crippen LogP contribution is -2.61. The minimum atomic E-state index is -1.12. The maximum Gasteiger partial charge on any atom is 0.244 e. The van der Waals surface area contributed by atoms with Crippen LogP contribution in [0.1, 0.15) is 95.6 Å². The fourth-order valence-electron chi connectivity index (χ4n) is 7.24. The smallest absolute Gasteiger partial charge is 0.244 e. The Bertz CT molecular complexity index is 1590. The monoisotopic (exact) mass is 809 g/mol. The van der Waals surface area contributed by atoms with Gasteiger partial charge in [0.1, 0.15) is 30.2 Å². The first kappa shape index (κ1) is 46.5. The topological polar surface area (TPSA) is 244 Å². The van der Waals surface area contributed by atoms with E-state index in [9.17, 15) is 28.8 Å². The predicted molar refractivity (Wildman–Crippen MR) is 225 cm³/mol. The van der Waals surface area contributed by atoms with Gasteiger partial charge in [-0.25, -0.2) is 0 Å². The van der Waals surface area contributed by atoms with E-state index in [0.717, 1.165) is 30.4 Å². The Morgan fingerprint density at radius 2 is 1.61 bits per heavy atom. The van der Waals surface area contributed by atoms with Crippen LogP contribution in [0.25, 0.3) is 6.08 Å². The van der Waals surface area contributed by atoms with Crippen molar-refractivity contribution in [2.24, 2.45) is 34.0 Å². The molecule has 10 N–H and O–H groups in total. The molecule has 5 unspecified atom stereocenters. The number of nitrogens with one attached hydrogen (secondary N) is 4. The van der Waals surface area contributed by atoms with Gasteiger partial charge < -0.3 is 43.4 Å². The molecule has 0 spiro atoms. The number of aliphatic imine (C=N–C) groups is 1. The van der Waals surface area contributed by atoms with Crippen molar-refractivity contribution < 1.29 is 28.8 Å². The van der Waals surface area contributed by atoms with E-state index in [0.29, 0.717) is 50.8 Å². The second-order valence-electron chi connectivity index (χ2n) is 15.1. The van der Waals surface area contributed by atoms with E-state index >= 15 is 0 Å². The third kappa shape index (κ3) is 15.2. The van der Waals surface area contributed by atoms with Crippen molar-refractivity contribution in [2.75, 3.05) is 18.8 Å². The molecular formula is C41H63N9O6S. The summed E-state index contributed by atoms with van der Waals surface area (Å²) in [6.45, 7) is 11.7. The van der Waals surface area contributed by atoms with Crippen molar-refractivity contribution in [3.05, 3.63) is 54.6 Å². The van der Waals surface area contributed by atoms with Gasteiger partial charge in [0, 0.05) is 31.0 Å². The summed E-state index contributed by atoms with van der Waals surface area (Å²) in [4.78, 5) is 86.8. The van der Waals surface area contributed by atoms with Crippen LogP contribution < -0.4 is 38.5 Å². The van der Waals surface area contributed by atoms with Crippen molar-refractivity contribution in [3.63, 3.8) is 0 Å². The van der Waals surface area contributed by atoms with E-state index in [2.05, 4.69) is 39.4 Å². The molecule has 0 radical (unpaired) electrons. The first-order valence-corrected chi connectivity index (χ1v) is 21.2. The van der Waals surface area contributed by atoms with Crippen LogP contribution >= 0.6 is 11.8 Å². The Morgan fingerprint density at radius 1 is 0.912 bits per heavy atom. The third-order valence-electron chi connectivity index (χ3n) is 10.4. The first-order valence-electron chi connectivity index (χ1n) is 20.0. The second kappa shape index (κ2) is 24.0. The maximum absolute atomic E-state index is 14.4. The highest BCUT2D eigenvalue weighted by Gasteiger charge is 2.39. The van der Waals surface area contributed by atoms with Crippen LogP contribution in [-0.2, 0) is 34.5 Å². The van der Waals surface area contributed by atoms with Gasteiger partial charge in [0.05, 0.1) is 0 Å². The molecule has 2 aliphatic rings. The highest BCUT2D eigenvalue weighted by atomic mass is 32.2. The number of amides is 6. The summed E-state index contributed by atoms with van der Waals surface area (Å²) in [6.07, 6.45) is 9.97. The molecular weight excluding hydrogens is 747 g/mol. The van der Waals surface area contributed by atoms with Gasteiger partial charge in [0.15, 0.2) is 5.96 Å². The molecule has 314 valence electrons. The predicted octanol–water partition coefficient (Wildman–Crippen LogP) is 2.23. The molecule has 0 bridgehead atoms. The number of benzene rings is 1. The lowest BCUT2D eigenvalue weighted by Gasteiger charge is -2.33.